The van der Waals surface area contributed by atoms with Crippen molar-refractivity contribution in [1.29, 1.82) is 0 Å². The molecule has 12 heteroatoms. The Balaban J connectivity index is 1.51. The molecular formula is C20H18F3N3O5S. The van der Waals surface area contributed by atoms with Crippen molar-refractivity contribution < 1.29 is 30.8 Å². The number of fused-ring (bicyclic) bond motifs is 1. The number of hydrogen-bond donors (Lipinski definition) is 2. The van der Waals surface area contributed by atoms with Crippen LogP contribution in [0, 0.1) is 5.92 Å². The van der Waals surface area contributed by atoms with Gasteiger partial charge in [-0.3, -0.25) is 9.78 Å². The molecule has 1 atom stereocenters. The molecule has 2 aromatic carbocycles. The summed E-state index contributed by atoms with van der Waals surface area (Å²) in [5.74, 6) is -2.00. The number of benzene rings is 2. The number of carbonyl (C=O) groups excluding carboxylic acids is 1. The van der Waals surface area contributed by atoms with E-state index in [9.17, 15) is 31.2 Å². The molecule has 4 rings (SSSR count). The maximum atomic E-state index is 13.1. The van der Waals surface area contributed by atoms with Gasteiger partial charge in [-0.1, -0.05) is 6.07 Å². The standard InChI is InChI=1S/C20H18F3N3O5S/c21-20(22,23)13-4-1-5-14(9-13)24-18(27)12-3-2-8-26(11-12)32(29,30)15-6-7-16-17(10-15)31-19(28)25-16/h1,4-7,9-10,12H,2-3,8,11H2,(H,24,27)(H,25,28). The minimum atomic E-state index is -4.55. The highest BCUT2D eigenvalue weighted by molar-refractivity contribution is 7.89. The molecule has 170 valence electrons. The van der Waals surface area contributed by atoms with E-state index in [1.807, 2.05) is 0 Å². The number of amides is 1. The number of aromatic nitrogens is 1. The number of nitrogens with one attached hydrogen (secondary N) is 2. The first-order valence-corrected chi connectivity index (χ1v) is 11.1. The summed E-state index contributed by atoms with van der Waals surface area (Å²) < 4.78 is 70.9. The number of hydrogen-bond acceptors (Lipinski definition) is 5. The lowest BCUT2D eigenvalue weighted by atomic mass is 9.98. The Bertz CT molecular complexity index is 1330. The third-order valence-corrected chi connectivity index (χ3v) is 7.10. The molecule has 32 heavy (non-hydrogen) atoms. The van der Waals surface area contributed by atoms with E-state index in [0.717, 1.165) is 16.4 Å². The topological polar surface area (TPSA) is 112 Å². The molecule has 1 aliphatic rings. The third-order valence-electron chi connectivity index (χ3n) is 5.24. The maximum Gasteiger partial charge on any atom is 0.417 e. The number of anilines is 1. The quantitative estimate of drug-likeness (QED) is 0.610. The number of piperidine rings is 1. The van der Waals surface area contributed by atoms with Crippen molar-refractivity contribution in [2.45, 2.75) is 23.9 Å². The summed E-state index contributed by atoms with van der Waals surface area (Å²) in [4.78, 5) is 26.3. The van der Waals surface area contributed by atoms with Crippen LogP contribution in [0.4, 0.5) is 18.9 Å². The van der Waals surface area contributed by atoms with Crippen molar-refractivity contribution in [2.75, 3.05) is 18.4 Å². The molecule has 1 amide bonds. The number of alkyl halides is 3. The van der Waals surface area contributed by atoms with Gasteiger partial charge in [-0.25, -0.2) is 13.2 Å². The van der Waals surface area contributed by atoms with Crippen LogP contribution in [0.25, 0.3) is 11.1 Å². The van der Waals surface area contributed by atoms with Crippen molar-refractivity contribution >= 4 is 32.7 Å². The van der Waals surface area contributed by atoms with E-state index in [0.29, 0.717) is 18.4 Å². The minimum absolute atomic E-state index is 0.0160. The second-order valence-corrected chi connectivity index (χ2v) is 9.38. The molecule has 1 aromatic heterocycles. The number of carbonyl (C=O) groups is 1. The van der Waals surface area contributed by atoms with Gasteiger partial charge >= 0.3 is 11.9 Å². The van der Waals surface area contributed by atoms with Crippen LogP contribution in [0.1, 0.15) is 18.4 Å². The van der Waals surface area contributed by atoms with Gasteiger partial charge < -0.3 is 9.73 Å². The number of sulfonamides is 1. The first kappa shape index (κ1) is 22.1. The van der Waals surface area contributed by atoms with Gasteiger partial charge in [0.1, 0.15) is 0 Å². The van der Waals surface area contributed by atoms with Gasteiger partial charge in [-0.15, -0.1) is 0 Å². The van der Waals surface area contributed by atoms with Gasteiger partial charge in [0, 0.05) is 24.8 Å². The molecule has 1 saturated heterocycles. The molecule has 3 aromatic rings. The highest BCUT2D eigenvalue weighted by Gasteiger charge is 2.34. The summed E-state index contributed by atoms with van der Waals surface area (Å²) in [6.07, 6.45) is -3.75. The smallest absolute Gasteiger partial charge is 0.408 e. The molecule has 1 aliphatic heterocycles. The highest BCUT2D eigenvalue weighted by atomic mass is 32.2. The van der Waals surface area contributed by atoms with E-state index in [-0.39, 0.29) is 29.3 Å². The van der Waals surface area contributed by atoms with Crippen LogP contribution in [0.15, 0.2) is 56.6 Å². The normalized spacial score (nSPS) is 18.0. The first-order valence-electron chi connectivity index (χ1n) is 9.65. The van der Waals surface area contributed by atoms with E-state index in [1.54, 1.807) is 0 Å². The Morgan fingerprint density at radius 1 is 1.19 bits per heavy atom. The molecule has 0 spiro atoms. The van der Waals surface area contributed by atoms with Crippen LogP contribution in [-0.4, -0.2) is 36.7 Å². The van der Waals surface area contributed by atoms with Crippen LogP contribution in [0.3, 0.4) is 0 Å². The highest BCUT2D eigenvalue weighted by Crippen LogP contribution is 2.31. The zero-order valence-corrected chi connectivity index (χ0v) is 17.3. The Labute approximate surface area is 180 Å². The van der Waals surface area contributed by atoms with Gasteiger partial charge in [-0.05, 0) is 43.2 Å². The lowest BCUT2D eigenvalue weighted by molar-refractivity contribution is -0.137. The fourth-order valence-corrected chi connectivity index (χ4v) is 5.17. The zero-order chi connectivity index (χ0) is 23.1. The Morgan fingerprint density at radius 3 is 2.72 bits per heavy atom. The van der Waals surface area contributed by atoms with E-state index < -0.39 is 39.3 Å². The van der Waals surface area contributed by atoms with Crippen LogP contribution in [0.5, 0.6) is 0 Å². The van der Waals surface area contributed by atoms with Gasteiger partial charge in [0.2, 0.25) is 15.9 Å². The van der Waals surface area contributed by atoms with Crippen molar-refractivity contribution in [2.24, 2.45) is 5.92 Å². The van der Waals surface area contributed by atoms with Gasteiger partial charge in [-0.2, -0.15) is 17.5 Å². The van der Waals surface area contributed by atoms with Crippen LogP contribution in [-0.2, 0) is 21.0 Å². The number of H-pyrrole nitrogens is 1. The molecular weight excluding hydrogens is 451 g/mol. The number of aromatic amines is 1. The van der Waals surface area contributed by atoms with Gasteiger partial charge in [0.05, 0.1) is 21.9 Å². The van der Waals surface area contributed by atoms with Crippen LogP contribution >= 0.6 is 0 Å². The molecule has 2 heterocycles. The molecule has 0 bridgehead atoms. The van der Waals surface area contributed by atoms with Crippen LogP contribution < -0.4 is 11.1 Å². The van der Waals surface area contributed by atoms with E-state index in [1.165, 1.54) is 30.3 Å². The zero-order valence-electron chi connectivity index (χ0n) is 16.5. The fraction of sp³-hybridized carbons (Fsp3) is 0.300. The van der Waals surface area contributed by atoms with Gasteiger partial charge in [0.25, 0.3) is 0 Å². The molecule has 1 fully saturated rings. The average molecular weight is 469 g/mol. The predicted octanol–water partition coefficient (Wildman–Crippen LogP) is 3.18. The first-order chi connectivity index (χ1) is 15.0. The fourth-order valence-electron chi connectivity index (χ4n) is 3.63. The Hall–Kier alpha value is -3.12. The van der Waals surface area contributed by atoms with E-state index in [2.05, 4.69) is 10.3 Å². The van der Waals surface area contributed by atoms with E-state index in [4.69, 9.17) is 4.42 Å². The summed E-state index contributed by atoms with van der Waals surface area (Å²) in [7, 11) is -3.98. The van der Waals surface area contributed by atoms with E-state index >= 15 is 0 Å². The number of nitrogens with zero attached hydrogens (tertiary/aromatic N) is 1. The monoisotopic (exact) mass is 469 g/mol. The van der Waals surface area contributed by atoms with Crippen molar-refractivity contribution in [3.05, 3.63) is 58.6 Å². The lowest BCUT2D eigenvalue weighted by Crippen LogP contribution is -2.43. The number of oxazole rings is 1. The molecule has 0 saturated carbocycles. The summed E-state index contributed by atoms with van der Waals surface area (Å²) in [6.45, 7) is 0.0625. The van der Waals surface area contributed by atoms with Crippen molar-refractivity contribution in [3.63, 3.8) is 0 Å². The number of rotatable bonds is 4. The van der Waals surface area contributed by atoms with Gasteiger partial charge in [0.15, 0.2) is 5.58 Å². The second-order valence-electron chi connectivity index (χ2n) is 7.44. The predicted molar refractivity (Wildman–Crippen MR) is 108 cm³/mol. The largest absolute Gasteiger partial charge is 0.417 e. The molecule has 2 N–H and O–H groups in total. The second kappa shape index (κ2) is 8.10. The lowest BCUT2D eigenvalue weighted by Gasteiger charge is -2.31. The summed E-state index contributed by atoms with van der Waals surface area (Å²) in [5.41, 5.74) is -0.467. The molecule has 8 nitrogen and oxygen atoms in total. The van der Waals surface area contributed by atoms with Crippen molar-refractivity contribution in [3.8, 4) is 0 Å². The van der Waals surface area contributed by atoms with Crippen molar-refractivity contribution in [1.82, 2.24) is 9.29 Å². The maximum absolute atomic E-state index is 13.1. The number of halogens is 3. The average Bonchev–Trinajstić information content (AvgIpc) is 3.12. The molecule has 0 radical (unpaired) electrons. The van der Waals surface area contributed by atoms with Crippen LogP contribution in [0.2, 0.25) is 0 Å². The SMILES string of the molecule is O=C(Nc1cccc(C(F)(F)F)c1)C1CCCN(S(=O)(=O)c2ccc3[nH]c(=O)oc3c2)C1. The Morgan fingerprint density at radius 2 is 1.97 bits per heavy atom. The summed E-state index contributed by atoms with van der Waals surface area (Å²) in [5, 5.41) is 2.45. The minimum Gasteiger partial charge on any atom is -0.408 e. The summed E-state index contributed by atoms with van der Waals surface area (Å²) in [6, 6.07) is 8.22. The Kier molecular flexibility index (Phi) is 5.59. The molecule has 0 aliphatic carbocycles. The summed E-state index contributed by atoms with van der Waals surface area (Å²) >= 11 is 0. The molecule has 1 unspecified atom stereocenters. The third kappa shape index (κ3) is 4.41.